The second-order valence-electron chi connectivity index (χ2n) is 5.44. The fourth-order valence-electron chi connectivity index (χ4n) is 1.43. The van der Waals surface area contributed by atoms with E-state index in [1.54, 1.807) is 20.8 Å². The number of carbonyl (C=O) groups excluding carboxylic acids is 1. The van der Waals surface area contributed by atoms with Crippen LogP contribution in [0.5, 0.6) is 0 Å². The van der Waals surface area contributed by atoms with Gasteiger partial charge in [0, 0.05) is 6.42 Å². The lowest BCUT2D eigenvalue weighted by molar-refractivity contribution is -0.142. The molecule has 7 nitrogen and oxygen atoms in total. The number of methoxy groups -OCH3 is 1. The van der Waals surface area contributed by atoms with E-state index in [2.05, 4.69) is 9.46 Å². The molecule has 0 aromatic carbocycles. The van der Waals surface area contributed by atoms with Crippen LogP contribution in [0.15, 0.2) is 0 Å². The Labute approximate surface area is 113 Å². The maximum Gasteiger partial charge on any atom is 0.321 e. The molecule has 0 heterocycles. The van der Waals surface area contributed by atoms with Crippen LogP contribution in [0.2, 0.25) is 0 Å². The van der Waals surface area contributed by atoms with Crippen LogP contribution in [0.25, 0.3) is 0 Å². The molecule has 0 spiro atoms. The number of nitrogens with one attached hydrogen (secondary N) is 1. The lowest BCUT2D eigenvalue weighted by atomic mass is 10.0. The summed E-state index contributed by atoms with van der Waals surface area (Å²) in [5.74, 6) is -2.09. The van der Waals surface area contributed by atoms with E-state index < -0.39 is 33.4 Å². The molecule has 8 heteroatoms. The Morgan fingerprint density at radius 2 is 1.84 bits per heavy atom. The molecule has 0 aromatic heterocycles. The summed E-state index contributed by atoms with van der Waals surface area (Å²) < 4.78 is 30.0. The van der Waals surface area contributed by atoms with Gasteiger partial charge in [0.05, 0.1) is 12.9 Å². The number of rotatable bonds is 7. The molecule has 0 aromatic rings. The molecule has 112 valence electrons. The molecule has 19 heavy (non-hydrogen) atoms. The molecule has 2 N–H and O–H groups in total. The molecule has 0 bridgehead atoms. The van der Waals surface area contributed by atoms with Crippen molar-refractivity contribution in [3.63, 3.8) is 0 Å². The molecule has 0 radical (unpaired) electrons. The normalized spacial score (nSPS) is 13.9. The lowest BCUT2D eigenvalue weighted by Crippen LogP contribution is -2.44. The fourth-order valence-corrected chi connectivity index (χ4v) is 3.30. The Bertz CT molecular complexity index is 423. The standard InChI is InChI=1S/C11H21NO6S/c1-11(2,3)7-19(16,17)12-8(10(14)15)5-6-9(13)18-4/h8,12H,5-7H2,1-4H3,(H,14,15)/t8-/m0/s1. The first-order chi connectivity index (χ1) is 8.47. The first-order valence-electron chi connectivity index (χ1n) is 5.76. The van der Waals surface area contributed by atoms with Gasteiger partial charge in [-0.15, -0.1) is 0 Å². The highest BCUT2D eigenvalue weighted by Crippen LogP contribution is 2.16. The Morgan fingerprint density at radius 1 is 1.32 bits per heavy atom. The van der Waals surface area contributed by atoms with Crippen molar-refractivity contribution < 1.29 is 27.9 Å². The third-order valence-electron chi connectivity index (χ3n) is 2.11. The van der Waals surface area contributed by atoms with Crippen molar-refractivity contribution in [2.24, 2.45) is 5.41 Å². The molecule has 0 aliphatic carbocycles. The first kappa shape index (κ1) is 17.8. The summed E-state index contributed by atoms with van der Waals surface area (Å²) in [6, 6.07) is -1.33. The van der Waals surface area contributed by atoms with Crippen molar-refractivity contribution in [1.29, 1.82) is 0 Å². The largest absolute Gasteiger partial charge is 0.480 e. The molecule has 0 rings (SSSR count). The Kier molecular flexibility index (Phi) is 6.44. The zero-order valence-corrected chi connectivity index (χ0v) is 12.4. The second kappa shape index (κ2) is 6.85. The van der Waals surface area contributed by atoms with Gasteiger partial charge in [0.1, 0.15) is 6.04 Å². The molecule has 0 aliphatic rings. The number of carboxylic acid groups (broad SMARTS) is 1. The molecule has 0 fully saturated rings. The molecule has 0 saturated heterocycles. The van der Waals surface area contributed by atoms with E-state index in [-0.39, 0.29) is 18.6 Å². The number of aliphatic carboxylic acids is 1. The van der Waals surface area contributed by atoms with Crippen molar-refractivity contribution in [2.75, 3.05) is 12.9 Å². The summed E-state index contributed by atoms with van der Waals surface area (Å²) in [6.45, 7) is 5.20. The predicted octanol–water partition coefficient (Wildman–Crippen LogP) is 0.358. The zero-order valence-electron chi connectivity index (χ0n) is 11.6. The highest BCUT2D eigenvalue weighted by molar-refractivity contribution is 7.89. The SMILES string of the molecule is COC(=O)CC[C@H](NS(=O)(=O)CC(C)(C)C)C(=O)O. The average Bonchev–Trinajstić information content (AvgIpc) is 2.19. The summed E-state index contributed by atoms with van der Waals surface area (Å²) in [5.41, 5.74) is -0.489. The number of esters is 1. The number of sulfonamides is 1. The van der Waals surface area contributed by atoms with Crippen molar-refractivity contribution in [3.8, 4) is 0 Å². The van der Waals surface area contributed by atoms with Crippen LogP contribution in [0.1, 0.15) is 33.6 Å². The van der Waals surface area contributed by atoms with E-state index in [0.29, 0.717) is 0 Å². The van der Waals surface area contributed by atoms with Crippen molar-refractivity contribution in [1.82, 2.24) is 4.72 Å². The van der Waals surface area contributed by atoms with E-state index in [4.69, 9.17) is 5.11 Å². The molecule has 0 unspecified atom stereocenters. The van der Waals surface area contributed by atoms with E-state index in [9.17, 15) is 18.0 Å². The highest BCUT2D eigenvalue weighted by Gasteiger charge is 2.28. The Morgan fingerprint density at radius 3 is 2.21 bits per heavy atom. The monoisotopic (exact) mass is 295 g/mol. The maximum absolute atomic E-state index is 11.8. The van der Waals surface area contributed by atoms with Crippen molar-refractivity contribution >= 4 is 22.0 Å². The molecule has 0 saturated carbocycles. The lowest BCUT2D eigenvalue weighted by Gasteiger charge is -2.20. The third-order valence-corrected chi connectivity index (χ3v) is 4.00. The van der Waals surface area contributed by atoms with E-state index in [1.165, 1.54) is 7.11 Å². The zero-order chi connectivity index (χ0) is 15.3. The average molecular weight is 295 g/mol. The van der Waals surface area contributed by atoms with Crippen molar-refractivity contribution in [3.05, 3.63) is 0 Å². The molecule has 0 amide bonds. The van der Waals surface area contributed by atoms with Crippen LogP contribution in [0.3, 0.4) is 0 Å². The molecular weight excluding hydrogens is 274 g/mol. The van der Waals surface area contributed by atoms with Gasteiger partial charge in [-0.25, -0.2) is 13.1 Å². The number of hydrogen-bond acceptors (Lipinski definition) is 5. The van der Waals surface area contributed by atoms with Crippen LogP contribution in [-0.2, 0) is 24.3 Å². The third kappa shape index (κ3) is 8.55. The Hall–Kier alpha value is -1.15. The van der Waals surface area contributed by atoms with Crippen LogP contribution < -0.4 is 4.72 Å². The second-order valence-corrected chi connectivity index (χ2v) is 7.20. The maximum atomic E-state index is 11.8. The van der Waals surface area contributed by atoms with Gasteiger partial charge in [-0.2, -0.15) is 0 Å². The predicted molar refractivity (Wildman–Crippen MR) is 69.1 cm³/mol. The number of ether oxygens (including phenoxy) is 1. The van der Waals surface area contributed by atoms with Gasteiger partial charge < -0.3 is 9.84 Å². The van der Waals surface area contributed by atoms with E-state index in [0.717, 1.165) is 0 Å². The molecule has 1 atom stereocenters. The summed E-state index contributed by atoms with van der Waals surface area (Å²) in [4.78, 5) is 21.9. The highest BCUT2D eigenvalue weighted by atomic mass is 32.2. The van der Waals surface area contributed by atoms with Crippen LogP contribution in [0, 0.1) is 5.41 Å². The first-order valence-corrected chi connectivity index (χ1v) is 7.42. The summed E-state index contributed by atoms with van der Waals surface area (Å²) in [7, 11) is -2.54. The number of carboxylic acids is 1. The van der Waals surface area contributed by atoms with Gasteiger partial charge in [-0.05, 0) is 11.8 Å². The Balaban J connectivity index is 4.67. The van der Waals surface area contributed by atoms with Crippen molar-refractivity contribution in [2.45, 2.75) is 39.7 Å². The summed E-state index contributed by atoms with van der Waals surface area (Å²) in [6.07, 6.45) is -0.309. The number of hydrogen-bond donors (Lipinski definition) is 2. The van der Waals surface area contributed by atoms with Gasteiger partial charge in [0.15, 0.2) is 0 Å². The minimum absolute atomic E-state index is 0.147. The molecule has 0 aliphatic heterocycles. The minimum atomic E-state index is -3.72. The van der Waals surface area contributed by atoms with E-state index in [1.807, 2.05) is 0 Å². The van der Waals surface area contributed by atoms with Crippen LogP contribution in [-0.4, -0.2) is 44.4 Å². The van der Waals surface area contributed by atoms with E-state index >= 15 is 0 Å². The van der Waals surface area contributed by atoms with Gasteiger partial charge in [0.2, 0.25) is 10.0 Å². The van der Waals surface area contributed by atoms with Gasteiger partial charge in [-0.3, -0.25) is 9.59 Å². The summed E-state index contributed by atoms with van der Waals surface area (Å²) in [5, 5.41) is 8.94. The number of carbonyl (C=O) groups is 2. The van der Waals surface area contributed by atoms with Crippen LogP contribution in [0.4, 0.5) is 0 Å². The summed E-state index contributed by atoms with van der Waals surface area (Å²) >= 11 is 0. The molecular formula is C11H21NO6S. The quantitative estimate of drug-likeness (QED) is 0.656. The van der Waals surface area contributed by atoms with Crippen LogP contribution >= 0.6 is 0 Å². The fraction of sp³-hybridized carbons (Fsp3) is 0.818. The van der Waals surface area contributed by atoms with Gasteiger partial charge in [-0.1, -0.05) is 20.8 Å². The minimum Gasteiger partial charge on any atom is -0.480 e. The van der Waals surface area contributed by atoms with Gasteiger partial charge >= 0.3 is 11.9 Å². The van der Waals surface area contributed by atoms with Gasteiger partial charge in [0.25, 0.3) is 0 Å². The topological polar surface area (TPSA) is 110 Å². The smallest absolute Gasteiger partial charge is 0.321 e.